The van der Waals surface area contributed by atoms with Crippen LogP contribution in [-0.2, 0) is 33.5 Å². The van der Waals surface area contributed by atoms with Crippen molar-refractivity contribution >= 4 is 35.4 Å². The molecule has 2 atom stereocenters. The highest BCUT2D eigenvalue weighted by molar-refractivity contribution is 6.12. The average Bonchev–Trinajstić information content (AvgIpc) is 3.33. The van der Waals surface area contributed by atoms with Crippen molar-refractivity contribution < 1.29 is 46.7 Å². The van der Waals surface area contributed by atoms with Crippen LogP contribution in [0.15, 0.2) is 12.2 Å². The second kappa shape index (κ2) is 22.9. The lowest BCUT2D eigenvalue weighted by Crippen LogP contribution is -2.56. The molecule has 13 nitrogen and oxygen atoms in total. The van der Waals surface area contributed by atoms with Crippen molar-refractivity contribution in [2.75, 3.05) is 46.1 Å². The number of halogens is 3. The summed E-state index contributed by atoms with van der Waals surface area (Å²) in [5.74, 6) is -3.39. The predicted molar refractivity (Wildman–Crippen MR) is 172 cm³/mol. The van der Waals surface area contributed by atoms with Crippen LogP contribution < -0.4 is 21.3 Å². The molecule has 0 radical (unpaired) electrons. The maximum absolute atomic E-state index is 13.3. The van der Waals surface area contributed by atoms with Gasteiger partial charge in [0.05, 0.1) is 6.54 Å². The number of unbranched alkanes of at least 4 members (excludes halogenated alkanes) is 3. The zero-order valence-electron chi connectivity index (χ0n) is 28.6. The normalized spacial score (nSPS) is 14.4. The maximum atomic E-state index is 13.3. The Morgan fingerprint density at radius 3 is 2.06 bits per heavy atom. The fourth-order valence-corrected chi connectivity index (χ4v) is 5.00. The van der Waals surface area contributed by atoms with Crippen molar-refractivity contribution in [3.8, 4) is 0 Å². The molecule has 0 saturated carbocycles. The molecule has 0 spiro atoms. The van der Waals surface area contributed by atoms with Gasteiger partial charge in [0.2, 0.25) is 23.6 Å². The first-order chi connectivity index (χ1) is 22.7. The summed E-state index contributed by atoms with van der Waals surface area (Å²) < 4.78 is 41.0. The van der Waals surface area contributed by atoms with Gasteiger partial charge in [0.15, 0.2) is 0 Å². The van der Waals surface area contributed by atoms with Crippen LogP contribution in [0.3, 0.4) is 0 Å². The lowest BCUT2D eigenvalue weighted by atomic mass is 10.0. The molecule has 1 rings (SSSR count). The highest BCUT2D eigenvalue weighted by Gasteiger charge is 2.30. The summed E-state index contributed by atoms with van der Waals surface area (Å²) in [5, 5.41) is 9.99. The molecule has 48 heavy (non-hydrogen) atoms. The molecule has 1 heterocycles. The predicted octanol–water partition coefficient (Wildman–Crippen LogP) is 2.16. The minimum absolute atomic E-state index is 0.119. The van der Waals surface area contributed by atoms with Crippen LogP contribution >= 0.6 is 0 Å². The summed E-state index contributed by atoms with van der Waals surface area (Å²) in [4.78, 5) is 78.0. The summed E-state index contributed by atoms with van der Waals surface area (Å²) in [6.45, 7) is 7.90. The number of nitrogens with one attached hydrogen (secondary N) is 4. The van der Waals surface area contributed by atoms with E-state index in [2.05, 4.69) is 44.8 Å². The molecule has 4 N–H and O–H groups in total. The molecule has 0 bridgehead atoms. The molecule has 16 heteroatoms. The van der Waals surface area contributed by atoms with Crippen molar-refractivity contribution in [2.45, 2.75) is 104 Å². The number of imide groups is 1. The minimum Gasteiger partial charge on any atom is -0.352 e. The average molecular weight is 691 g/mol. The van der Waals surface area contributed by atoms with Crippen molar-refractivity contribution in [2.24, 2.45) is 5.92 Å². The van der Waals surface area contributed by atoms with Gasteiger partial charge in [-0.15, -0.1) is 0 Å². The van der Waals surface area contributed by atoms with Crippen LogP contribution in [0.25, 0.3) is 0 Å². The first-order valence-corrected chi connectivity index (χ1v) is 16.7. The van der Waals surface area contributed by atoms with Gasteiger partial charge in [-0.25, -0.2) is 0 Å². The largest absolute Gasteiger partial charge is 0.411 e. The Morgan fingerprint density at radius 2 is 1.48 bits per heavy atom. The van der Waals surface area contributed by atoms with Gasteiger partial charge in [0.1, 0.15) is 25.4 Å². The molecule has 0 unspecified atom stereocenters. The number of hydrogen-bond donors (Lipinski definition) is 4. The fourth-order valence-electron chi connectivity index (χ4n) is 5.00. The van der Waals surface area contributed by atoms with Crippen molar-refractivity contribution in [1.29, 1.82) is 0 Å². The number of amides is 6. The number of carbonyl (C=O) groups excluding carboxylic acids is 6. The van der Waals surface area contributed by atoms with E-state index in [1.54, 1.807) is 13.8 Å². The summed E-state index contributed by atoms with van der Waals surface area (Å²) in [5.41, 5.74) is 0. The number of nitrogens with zero attached hydrogens (tertiary/aromatic N) is 2. The first-order valence-electron chi connectivity index (χ1n) is 16.7. The van der Waals surface area contributed by atoms with Gasteiger partial charge in [-0.3, -0.25) is 33.7 Å². The molecular formula is C32H53F3N6O7. The number of carbonyl (C=O) groups is 6. The van der Waals surface area contributed by atoms with E-state index in [9.17, 15) is 41.9 Å². The summed E-state index contributed by atoms with van der Waals surface area (Å²) in [7, 11) is 0. The Hall–Kier alpha value is -3.53. The van der Waals surface area contributed by atoms with Gasteiger partial charge in [0.25, 0.3) is 11.8 Å². The molecule has 1 aliphatic heterocycles. The van der Waals surface area contributed by atoms with E-state index in [4.69, 9.17) is 0 Å². The molecule has 0 aromatic heterocycles. The maximum Gasteiger partial charge on any atom is 0.411 e. The van der Waals surface area contributed by atoms with Crippen molar-refractivity contribution in [1.82, 2.24) is 31.1 Å². The number of ether oxygens (including phenoxy) is 1. The Labute approximate surface area is 281 Å². The smallest absolute Gasteiger partial charge is 0.352 e. The quantitative estimate of drug-likeness (QED) is 0.0643. The zero-order chi connectivity index (χ0) is 36.1. The topological polar surface area (TPSA) is 166 Å². The van der Waals surface area contributed by atoms with E-state index in [-0.39, 0.29) is 43.0 Å². The van der Waals surface area contributed by atoms with E-state index in [1.165, 1.54) is 12.2 Å². The van der Waals surface area contributed by atoms with E-state index < -0.39 is 55.9 Å². The molecule has 0 aromatic carbocycles. The van der Waals surface area contributed by atoms with E-state index in [0.717, 1.165) is 43.8 Å². The monoisotopic (exact) mass is 690 g/mol. The van der Waals surface area contributed by atoms with Crippen LogP contribution in [-0.4, -0.2) is 110 Å². The molecule has 0 aromatic rings. The number of alkyl halides is 3. The number of rotatable bonds is 25. The molecule has 1 aliphatic rings. The van der Waals surface area contributed by atoms with E-state index >= 15 is 0 Å². The molecule has 274 valence electrons. The summed E-state index contributed by atoms with van der Waals surface area (Å²) >= 11 is 0. The fraction of sp³-hybridized carbons (Fsp3) is 0.750. The van der Waals surface area contributed by atoms with Gasteiger partial charge in [-0.05, 0) is 70.5 Å². The molecule has 0 saturated heterocycles. The lowest BCUT2D eigenvalue weighted by molar-refractivity contribution is -0.176. The summed E-state index contributed by atoms with van der Waals surface area (Å²) in [6, 6.07) is -1.97. The van der Waals surface area contributed by atoms with Gasteiger partial charge < -0.3 is 30.9 Å². The Bertz CT molecular complexity index is 1060. The van der Waals surface area contributed by atoms with Crippen molar-refractivity contribution in [3.05, 3.63) is 12.2 Å². The second-order valence-electron chi connectivity index (χ2n) is 12.1. The van der Waals surface area contributed by atoms with E-state index in [1.807, 2.05) is 0 Å². The van der Waals surface area contributed by atoms with Gasteiger partial charge in [-0.2, -0.15) is 13.2 Å². The second-order valence-corrected chi connectivity index (χ2v) is 12.1. The standard InChI is InChI=1S/C32H53F3N6O7/c1-5-16-40(17-6-2)18-11-9-12-24(30(46)36-20-26(43)37-22-48-21-32(33,34)35)38-31(47)29(23(3)4)39-25(42)13-8-7-10-19-41-27(44)14-15-28(41)45/h14-15,23-24,29H,5-13,16-22H2,1-4H3,(H,36,46)(H,37,43)(H,38,47)(H,39,42)/t24-,29-/m0/s1. The van der Waals surface area contributed by atoms with Crippen LogP contribution in [0.5, 0.6) is 0 Å². The third-order valence-electron chi connectivity index (χ3n) is 7.44. The van der Waals surface area contributed by atoms with Gasteiger partial charge in [0, 0.05) is 25.1 Å². The highest BCUT2D eigenvalue weighted by Crippen LogP contribution is 2.14. The molecule has 0 fully saturated rings. The molecule has 6 amide bonds. The minimum atomic E-state index is -4.54. The van der Waals surface area contributed by atoms with Gasteiger partial charge in [-0.1, -0.05) is 34.1 Å². The third-order valence-corrected chi connectivity index (χ3v) is 7.44. The zero-order valence-corrected chi connectivity index (χ0v) is 28.6. The van der Waals surface area contributed by atoms with Crippen molar-refractivity contribution in [3.63, 3.8) is 0 Å². The van der Waals surface area contributed by atoms with Crippen LogP contribution in [0.2, 0.25) is 0 Å². The van der Waals surface area contributed by atoms with Gasteiger partial charge >= 0.3 is 6.18 Å². The first kappa shape index (κ1) is 42.5. The Kier molecular flexibility index (Phi) is 20.3. The number of hydrogen-bond acceptors (Lipinski definition) is 8. The van der Waals surface area contributed by atoms with Crippen LogP contribution in [0, 0.1) is 5.92 Å². The third kappa shape index (κ3) is 18.1. The lowest BCUT2D eigenvalue weighted by Gasteiger charge is -2.26. The molecular weight excluding hydrogens is 637 g/mol. The Morgan fingerprint density at radius 1 is 0.833 bits per heavy atom. The Balaban J connectivity index is 2.72. The van der Waals surface area contributed by atoms with E-state index in [0.29, 0.717) is 25.7 Å². The highest BCUT2D eigenvalue weighted by atomic mass is 19.4. The molecule has 0 aliphatic carbocycles. The van der Waals surface area contributed by atoms with Crippen LogP contribution in [0.1, 0.15) is 85.5 Å². The SMILES string of the molecule is CCCN(CCC)CCCC[C@H](NC(=O)[C@@H](NC(=O)CCCCCN1C(=O)C=CC1=O)C(C)C)C(=O)NCC(=O)NCOCC(F)(F)F. The van der Waals surface area contributed by atoms with Crippen LogP contribution in [0.4, 0.5) is 13.2 Å². The summed E-state index contributed by atoms with van der Waals surface area (Å²) in [6.07, 6.45) is 3.22.